The number of piperazine rings is 1. The SMILES string of the molecule is CC#CCCN1CC(CC(C)C)NCC1CC. The van der Waals surface area contributed by atoms with Crippen molar-refractivity contribution >= 4 is 0 Å². The first kappa shape index (κ1) is 14.5. The van der Waals surface area contributed by atoms with Crippen molar-refractivity contribution in [2.45, 2.75) is 59.0 Å². The Kier molecular flexibility index (Phi) is 6.62. The van der Waals surface area contributed by atoms with Crippen LogP contribution in [0.5, 0.6) is 0 Å². The molecule has 17 heavy (non-hydrogen) atoms. The van der Waals surface area contributed by atoms with Crippen LogP contribution in [0, 0.1) is 17.8 Å². The molecular formula is C15H28N2. The van der Waals surface area contributed by atoms with Crippen LogP contribution in [0.3, 0.4) is 0 Å². The van der Waals surface area contributed by atoms with E-state index >= 15 is 0 Å². The number of hydrogen-bond donors (Lipinski definition) is 1. The van der Waals surface area contributed by atoms with E-state index in [2.05, 4.69) is 42.8 Å². The fraction of sp³-hybridized carbons (Fsp3) is 0.867. The third-order valence-electron chi connectivity index (χ3n) is 3.54. The van der Waals surface area contributed by atoms with Crippen LogP contribution in [0.2, 0.25) is 0 Å². The van der Waals surface area contributed by atoms with Crippen LogP contribution in [-0.2, 0) is 0 Å². The zero-order valence-corrected chi connectivity index (χ0v) is 11.9. The maximum Gasteiger partial charge on any atom is 0.0219 e. The Hall–Kier alpha value is -0.520. The third-order valence-corrected chi connectivity index (χ3v) is 3.54. The molecule has 2 heteroatoms. The number of rotatable bonds is 5. The lowest BCUT2D eigenvalue weighted by atomic mass is 9.99. The summed E-state index contributed by atoms with van der Waals surface area (Å²) in [7, 11) is 0. The van der Waals surface area contributed by atoms with Gasteiger partial charge in [0.15, 0.2) is 0 Å². The molecule has 0 aromatic heterocycles. The van der Waals surface area contributed by atoms with Crippen LogP contribution < -0.4 is 5.32 Å². The topological polar surface area (TPSA) is 15.3 Å². The molecule has 0 amide bonds. The second-order valence-electron chi connectivity index (χ2n) is 5.47. The van der Waals surface area contributed by atoms with Gasteiger partial charge in [-0.3, -0.25) is 4.90 Å². The van der Waals surface area contributed by atoms with E-state index in [1.165, 1.54) is 19.4 Å². The Bertz CT molecular complexity index is 262. The highest BCUT2D eigenvalue weighted by Gasteiger charge is 2.26. The van der Waals surface area contributed by atoms with Gasteiger partial charge in [-0.05, 0) is 25.7 Å². The summed E-state index contributed by atoms with van der Waals surface area (Å²) < 4.78 is 0. The van der Waals surface area contributed by atoms with E-state index in [9.17, 15) is 0 Å². The molecule has 0 aromatic carbocycles. The largest absolute Gasteiger partial charge is 0.311 e. The summed E-state index contributed by atoms with van der Waals surface area (Å²) in [5.74, 6) is 6.96. The minimum Gasteiger partial charge on any atom is -0.311 e. The third kappa shape index (κ3) is 5.10. The maximum absolute atomic E-state index is 3.69. The maximum atomic E-state index is 3.69. The molecule has 1 rings (SSSR count). The van der Waals surface area contributed by atoms with Crippen molar-refractivity contribution in [3.8, 4) is 11.8 Å². The monoisotopic (exact) mass is 236 g/mol. The lowest BCUT2D eigenvalue weighted by molar-refractivity contribution is 0.121. The minimum absolute atomic E-state index is 0.674. The van der Waals surface area contributed by atoms with E-state index in [-0.39, 0.29) is 0 Å². The summed E-state index contributed by atoms with van der Waals surface area (Å²) >= 11 is 0. The molecule has 1 fully saturated rings. The molecule has 1 aliphatic heterocycles. The summed E-state index contributed by atoms with van der Waals surface area (Å²) in [4.78, 5) is 2.63. The molecule has 0 radical (unpaired) electrons. The zero-order valence-electron chi connectivity index (χ0n) is 11.9. The standard InChI is InChI=1S/C15H28N2/c1-5-7-8-9-17-12-14(10-13(3)4)16-11-15(17)6-2/h13-16H,6,8-12H2,1-4H3. The zero-order chi connectivity index (χ0) is 12.7. The highest BCUT2D eigenvalue weighted by atomic mass is 15.2. The molecule has 0 aromatic rings. The summed E-state index contributed by atoms with van der Waals surface area (Å²) in [5, 5.41) is 3.69. The average Bonchev–Trinajstić information content (AvgIpc) is 2.29. The van der Waals surface area contributed by atoms with Crippen LogP contribution in [0.4, 0.5) is 0 Å². The van der Waals surface area contributed by atoms with Gasteiger partial charge in [0.05, 0.1) is 0 Å². The molecule has 2 nitrogen and oxygen atoms in total. The minimum atomic E-state index is 0.674. The normalized spacial score (nSPS) is 25.7. The second-order valence-corrected chi connectivity index (χ2v) is 5.47. The Labute approximate surface area is 107 Å². The van der Waals surface area contributed by atoms with E-state index in [0.717, 1.165) is 25.4 Å². The molecule has 1 N–H and O–H groups in total. The molecule has 0 aliphatic carbocycles. The van der Waals surface area contributed by atoms with Gasteiger partial charge in [0, 0.05) is 38.1 Å². The van der Waals surface area contributed by atoms with Gasteiger partial charge in [0.25, 0.3) is 0 Å². The van der Waals surface area contributed by atoms with Gasteiger partial charge in [0.2, 0.25) is 0 Å². The highest BCUT2D eigenvalue weighted by molar-refractivity contribution is 4.96. The fourth-order valence-electron chi connectivity index (χ4n) is 2.66. The molecular weight excluding hydrogens is 208 g/mol. The molecule has 1 aliphatic rings. The molecule has 0 spiro atoms. The van der Waals surface area contributed by atoms with E-state index in [1.807, 2.05) is 6.92 Å². The van der Waals surface area contributed by atoms with Crippen molar-refractivity contribution in [1.29, 1.82) is 0 Å². The van der Waals surface area contributed by atoms with Gasteiger partial charge < -0.3 is 5.32 Å². The average molecular weight is 236 g/mol. The van der Waals surface area contributed by atoms with Crippen LogP contribution >= 0.6 is 0 Å². The molecule has 0 bridgehead atoms. The molecule has 0 saturated carbocycles. The molecule has 98 valence electrons. The van der Waals surface area contributed by atoms with Gasteiger partial charge in [-0.2, -0.15) is 0 Å². The second kappa shape index (κ2) is 7.74. The van der Waals surface area contributed by atoms with Crippen molar-refractivity contribution < 1.29 is 0 Å². The van der Waals surface area contributed by atoms with Crippen LogP contribution in [0.15, 0.2) is 0 Å². The van der Waals surface area contributed by atoms with Crippen LogP contribution in [-0.4, -0.2) is 36.6 Å². The van der Waals surface area contributed by atoms with Crippen molar-refractivity contribution in [1.82, 2.24) is 10.2 Å². The Balaban J connectivity index is 2.45. The number of nitrogens with zero attached hydrogens (tertiary/aromatic N) is 1. The highest BCUT2D eigenvalue weighted by Crippen LogP contribution is 2.15. The Morgan fingerprint density at radius 3 is 2.76 bits per heavy atom. The molecule has 2 unspecified atom stereocenters. The summed E-state index contributed by atoms with van der Waals surface area (Å²) in [6.07, 6.45) is 3.54. The van der Waals surface area contributed by atoms with E-state index in [4.69, 9.17) is 0 Å². The summed E-state index contributed by atoms with van der Waals surface area (Å²) in [6.45, 7) is 12.3. The van der Waals surface area contributed by atoms with Gasteiger partial charge in [-0.25, -0.2) is 0 Å². The first-order chi connectivity index (χ1) is 8.17. The molecule has 2 atom stereocenters. The summed E-state index contributed by atoms with van der Waals surface area (Å²) in [6, 6.07) is 1.38. The lowest BCUT2D eigenvalue weighted by Crippen LogP contribution is -2.56. The predicted octanol–water partition coefficient (Wildman–Crippen LogP) is 2.50. The van der Waals surface area contributed by atoms with Crippen molar-refractivity contribution in [3.63, 3.8) is 0 Å². The number of nitrogens with one attached hydrogen (secondary N) is 1. The Morgan fingerprint density at radius 2 is 2.18 bits per heavy atom. The number of hydrogen-bond acceptors (Lipinski definition) is 2. The summed E-state index contributed by atoms with van der Waals surface area (Å²) in [5.41, 5.74) is 0. The van der Waals surface area contributed by atoms with E-state index in [1.54, 1.807) is 0 Å². The molecule has 1 saturated heterocycles. The van der Waals surface area contributed by atoms with Crippen LogP contribution in [0.25, 0.3) is 0 Å². The smallest absolute Gasteiger partial charge is 0.0219 e. The van der Waals surface area contributed by atoms with Gasteiger partial charge >= 0.3 is 0 Å². The van der Waals surface area contributed by atoms with Crippen molar-refractivity contribution in [2.75, 3.05) is 19.6 Å². The van der Waals surface area contributed by atoms with Crippen LogP contribution in [0.1, 0.15) is 47.0 Å². The predicted molar refractivity (Wildman–Crippen MR) is 75.0 cm³/mol. The van der Waals surface area contributed by atoms with Gasteiger partial charge in [-0.15, -0.1) is 11.8 Å². The molecule has 1 heterocycles. The first-order valence-electron chi connectivity index (χ1n) is 7.04. The van der Waals surface area contributed by atoms with Gasteiger partial charge in [-0.1, -0.05) is 20.8 Å². The van der Waals surface area contributed by atoms with E-state index in [0.29, 0.717) is 12.1 Å². The quantitative estimate of drug-likeness (QED) is 0.738. The van der Waals surface area contributed by atoms with Gasteiger partial charge in [0.1, 0.15) is 0 Å². The van der Waals surface area contributed by atoms with Crippen molar-refractivity contribution in [3.05, 3.63) is 0 Å². The lowest BCUT2D eigenvalue weighted by Gasteiger charge is -2.40. The first-order valence-corrected chi connectivity index (χ1v) is 7.04. The Morgan fingerprint density at radius 1 is 1.41 bits per heavy atom. The van der Waals surface area contributed by atoms with Crippen molar-refractivity contribution in [2.24, 2.45) is 5.92 Å². The fourth-order valence-corrected chi connectivity index (χ4v) is 2.66. The van der Waals surface area contributed by atoms with E-state index < -0.39 is 0 Å².